The zero-order valence-electron chi connectivity index (χ0n) is 8.26. The molecular weight excluding hydrogens is 209 g/mol. The van der Waals surface area contributed by atoms with E-state index < -0.39 is 5.91 Å². The molecule has 76 valence electrons. The number of amides is 1. The molecule has 0 spiro atoms. The van der Waals surface area contributed by atoms with Crippen molar-refractivity contribution in [2.45, 2.75) is 27.2 Å². The molecule has 1 N–H and O–H groups in total. The zero-order valence-corrected chi connectivity index (χ0v) is 9.30. The van der Waals surface area contributed by atoms with Crippen LogP contribution in [0, 0.1) is 12.5 Å². The van der Waals surface area contributed by atoms with Crippen molar-refractivity contribution < 1.29 is 21.6 Å². The van der Waals surface area contributed by atoms with Crippen molar-refractivity contribution in [1.82, 2.24) is 0 Å². The Hall–Kier alpha value is -0.544. The first kappa shape index (κ1) is 18.3. The molecule has 0 fully saturated rings. The fourth-order valence-corrected chi connectivity index (χ4v) is 0.340. The van der Waals surface area contributed by atoms with Gasteiger partial charge < -0.3 is 16.9 Å². The molecule has 0 saturated heterocycles. The predicted octanol–water partition coefficient (Wildman–Crippen LogP) is 3.12. The summed E-state index contributed by atoms with van der Waals surface area (Å²) in [5.41, 5.74) is 5.94. The third kappa shape index (κ3) is 51.6. The van der Waals surface area contributed by atoms with Crippen molar-refractivity contribution >= 4 is 5.91 Å². The van der Waals surface area contributed by atoms with Crippen molar-refractivity contribution in [1.29, 1.82) is 0 Å². The maximum atomic E-state index is 9.11. The van der Waals surface area contributed by atoms with Crippen molar-refractivity contribution in [3.05, 3.63) is 36.5 Å². The Bertz CT molecular complexity index is 139. The van der Waals surface area contributed by atoms with E-state index in [0.717, 1.165) is 6.42 Å². The van der Waals surface area contributed by atoms with Gasteiger partial charge in [0.25, 0.3) is 0 Å². The normalized spacial score (nSPS) is 10.1. The summed E-state index contributed by atoms with van der Waals surface area (Å²) < 4.78 is 0. The van der Waals surface area contributed by atoms with Crippen LogP contribution in [0.4, 0.5) is 0 Å². The van der Waals surface area contributed by atoms with Crippen molar-refractivity contribution in [2.24, 2.45) is 0 Å². The quantitative estimate of drug-likeness (QED) is 0.584. The molecule has 0 saturated carbocycles. The Labute approximate surface area is 91.5 Å². The molecule has 0 atom stereocenters. The van der Waals surface area contributed by atoms with Crippen LogP contribution >= 0.6 is 0 Å². The van der Waals surface area contributed by atoms with Crippen LogP contribution in [0.3, 0.4) is 0 Å². The molecule has 3 heteroatoms. The molecule has 0 unspecified atom stereocenters. The predicted molar refractivity (Wildman–Crippen MR) is 52.2 cm³/mol. The van der Waals surface area contributed by atoms with Gasteiger partial charge in [0.2, 0.25) is 0 Å². The van der Waals surface area contributed by atoms with Gasteiger partial charge in [0.15, 0.2) is 0 Å². The zero-order chi connectivity index (χ0) is 9.82. The third-order valence-corrected chi connectivity index (χ3v) is 0.586. The number of nitrogens with one attached hydrogen (secondary N) is 1. The fourth-order valence-electron chi connectivity index (χ4n) is 0.340. The van der Waals surface area contributed by atoms with E-state index in [2.05, 4.69) is 12.2 Å². The van der Waals surface area contributed by atoms with Crippen LogP contribution in [0.15, 0.2) is 18.2 Å². The van der Waals surface area contributed by atoms with Gasteiger partial charge in [-0.05, 0) is 6.92 Å². The summed E-state index contributed by atoms with van der Waals surface area (Å²) in [5.74, 6) is -0.583. The van der Waals surface area contributed by atoms with Gasteiger partial charge in [-0.25, -0.2) is 12.2 Å². The van der Waals surface area contributed by atoms with Crippen molar-refractivity contribution in [2.75, 3.05) is 0 Å². The smallest absolute Gasteiger partial charge is 0.668 e. The average Bonchev–Trinajstić information content (AvgIpc) is 2.40. The van der Waals surface area contributed by atoms with Gasteiger partial charge in [0.1, 0.15) is 0 Å². The number of hydrogen-bond donors (Lipinski definition) is 0. The van der Waals surface area contributed by atoms with Gasteiger partial charge in [-0.2, -0.15) is 19.9 Å². The van der Waals surface area contributed by atoms with Crippen LogP contribution in [-0.2, 0) is 21.6 Å². The first-order valence-corrected chi connectivity index (χ1v) is 3.83. The van der Waals surface area contributed by atoms with Crippen LogP contribution in [-0.4, -0.2) is 5.91 Å². The van der Waals surface area contributed by atoms with E-state index in [9.17, 15) is 0 Å². The number of hydrogen-bond acceptors (Lipinski definition) is 1. The monoisotopic (exact) mass is 225 g/mol. The molecule has 13 heavy (non-hydrogen) atoms. The van der Waals surface area contributed by atoms with Gasteiger partial charge in [0.05, 0.1) is 0 Å². The second-order valence-electron chi connectivity index (χ2n) is 2.14. The molecular formula is C10H16CoNO. The van der Waals surface area contributed by atoms with Crippen LogP contribution in [0.25, 0.3) is 5.73 Å². The van der Waals surface area contributed by atoms with Crippen LogP contribution < -0.4 is 0 Å². The van der Waals surface area contributed by atoms with E-state index in [1.165, 1.54) is 6.92 Å². The van der Waals surface area contributed by atoms with Gasteiger partial charge in [-0.15, -0.1) is 6.42 Å². The molecule has 1 amide bonds. The first-order valence-electron chi connectivity index (χ1n) is 3.83. The molecule has 0 aromatic rings. The molecule has 1 aliphatic rings. The molecule has 0 aliphatic heterocycles. The van der Waals surface area contributed by atoms with E-state index in [-0.39, 0.29) is 16.8 Å². The fraction of sp³-hybridized carbons (Fsp3) is 0.400. The molecule has 0 aromatic carbocycles. The Balaban J connectivity index is -0.000000116. The molecule has 0 bridgehead atoms. The molecule has 1 rings (SSSR count). The van der Waals surface area contributed by atoms with Gasteiger partial charge in [-0.3, -0.25) is 6.08 Å². The number of allylic oxidation sites excluding steroid dienone is 4. The molecule has 0 radical (unpaired) electrons. The number of carbonyl (C=O) groups excluding carboxylic acids is 1. The Morgan fingerprint density at radius 2 is 1.92 bits per heavy atom. The van der Waals surface area contributed by atoms with Gasteiger partial charge in [-0.1, -0.05) is 0 Å². The minimum absolute atomic E-state index is 0. The number of rotatable bonds is 0. The summed E-state index contributed by atoms with van der Waals surface area (Å²) in [7, 11) is 0. The number of carbonyl (C=O) groups is 1. The molecule has 2 nitrogen and oxygen atoms in total. The van der Waals surface area contributed by atoms with E-state index in [1.54, 1.807) is 0 Å². The maximum Gasteiger partial charge on any atom is 3.00 e. The van der Waals surface area contributed by atoms with E-state index in [1.807, 2.05) is 32.4 Å². The van der Waals surface area contributed by atoms with Gasteiger partial charge >= 0.3 is 16.8 Å². The standard InChI is InChI=1S/C5H5.C3H7.C2H5NO.Co/c1-2-4-5-3-1;1-3-2;1-2(3)4;/h1-3H,4H2;3H,1-2H3;1H3,(H2,3,4);/q2*-1;;+3/p-1. The Morgan fingerprint density at radius 3 is 2.00 bits per heavy atom. The summed E-state index contributed by atoms with van der Waals surface area (Å²) in [4.78, 5) is 9.11. The average molecular weight is 225 g/mol. The Morgan fingerprint density at radius 1 is 1.54 bits per heavy atom. The first-order chi connectivity index (χ1) is 5.65. The molecule has 0 heterocycles. The molecule has 0 aromatic heterocycles. The summed E-state index contributed by atoms with van der Waals surface area (Å²) >= 11 is 0. The second-order valence-corrected chi connectivity index (χ2v) is 2.14. The van der Waals surface area contributed by atoms with Crippen LogP contribution in [0.1, 0.15) is 27.2 Å². The van der Waals surface area contributed by atoms with E-state index in [0.29, 0.717) is 0 Å². The maximum absolute atomic E-state index is 9.11. The van der Waals surface area contributed by atoms with E-state index >= 15 is 0 Å². The summed E-state index contributed by atoms with van der Waals surface area (Å²) in [6, 6.07) is 0. The van der Waals surface area contributed by atoms with Crippen LogP contribution in [0.2, 0.25) is 0 Å². The summed E-state index contributed by atoms with van der Waals surface area (Å²) in [6.07, 6.45) is 12.0. The summed E-state index contributed by atoms with van der Waals surface area (Å²) in [5, 5.41) is 0. The molecule has 1 aliphatic carbocycles. The summed E-state index contributed by atoms with van der Waals surface area (Å²) in [6.45, 7) is 5.19. The van der Waals surface area contributed by atoms with Crippen molar-refractivity contribution in [3.8, 4) is 0 Å². The topological polar surface area (TPSA) is 40.9 Å². The largest absolute Gasteiger partial charge is 3.00 e. The SMILES string of the molecule is CC([NH-])=O.C[CH-]C.[C-]1=CC=CC1.[Co+3]. The second kappa shape index (κ2) is 17.5. The van der Waals surface area contributed by atoms with Crippen molar-refractivity contribution in [3.63, 3.8) is 0 Å². The third-order valence-electron chi connectivity index (χ3n) is 0.586. The minimum Gasteiger partial charge on any atom is -0.668 e. The van der Waals surface area contributed by atoms with Gasteiger partial charge in [0, 0.05) is 5.91 Å². The van der Waals surface area contributed by atoms with E-state index in [4.69, 9.17) is 10.5 Å². The van der Waals surface area contributed by atoms with Crippen LogP contribution in [0.5, 0.6) is 0 Å². The Kier molecular flexibility index (Phi) is 24.6. The minimum atomic E-state index is -0.583.